The first-order valence-electron chi connectivity index (χ1n) is 11.7. The number of benzene rings is 1. The number of likely N-dealkylation sites (tertiary alicyclic amines) is 1. The van der Waals surface area contributed by atoms with Gasteiger partial charge in [0.2, 0.25) is 17.7 Å². The van der Waals surface area contributed by atoms with Gasteiger partial charge in [-0.25, -0.2) is 0 Å². The summed E-state index contributed by atoms with van der Waals surface area (Å²) in [6.45, 7) is 3.20. The average molecular weight is 434 g/mol. The van der Waals surface area contributed by atoms with Crippen molar-refractivity contribution < 1.29 is 14.4 Å². The van der Waals surface area contributed by atoms with Gasteiger partial charge in [-0.15, -0.1) is 0 Å². The van der Waals surface area contributed by atoms with Crippen molar-refractivity contribution in [2.45, 2.75) is 58.5 Å². The highest BCUT2D eigenvalue weighted by Gasteiger charge is 2.47. The molecule has 3 amide bonds. The standard InChI is InChI=1S/C26H31N3O3/c1-2-19-9-11-20(12-10-19)17-28(18-21-6-5-14-27-16-21)24(30)13-15-29-25(31)22-7-3-4-8-23(22)26(29)32/h5-6,9-12,14,16,22-23H,2-4,7-8,13,15,17-18H2,1H3/t22-,23-/m0/s1. The maximum absolute atomic E-state index is 13.2. The molecule has 2 aromatic rings. The number of imide groups is 1. The Bertz CT molecular complexity index is 934. The Hall–Kier alpha value is -3.02. The Balaban J connectivity index is 1.44. The lowest BCUT2D eigenvalue weighted by Crippen LogP contribution is -2.37. The summed E-state index contributed by atoms with van der Waals surface area (Å²) in [7, 11) is 0. The van der Waals surface area contributed by atoms with Crippen LogP contribution in [0.3, 0.4) is 0 Å². The van der Waals surface area contributed by atoms with Crippen molar-refractivity contribution in [1.29, 1.82) is 0 Å². The second-order valence-corrected chi connectivity index (χ2v) is 8.86. The van der Waals surface area contributed by atoms with Gasteiger partial charge in [-0.3, -0.25) is 24.3 Å². The molecule has 4 rings (SSSR count). The van der Waals surface area contributed by atoms with E-state index in [1.165, 1.54) is 10.5 Å². The highest BCUT2D eigenvalue weighted by Crippen LogP contribution is 2.38. The maximum Gasteiger partial charge on any atom is 0.233 e. The van der Waals surface area contributed by atoms with Crippen LogP contribution in [0.2, 0.25) is 0 Å². The van der Waals surface area contributed by atoms with E-state index in [9.17, 15) is 14.4 Å². The fourth-order valence-corrected chi connectivity index (χ4v) is 4.86. The summed E-state index contributed by atoms with van der Waals surface area (Å²) < 4.78 is 0. The molecule has 0 spiro atoms. The van der Waals surface area contributed by atoms with Gasteiger partial charge < -0.3 is 4.90 Å². The molecule has 1 aliphatic carbocycles. The number of fused-ring (bicyclic) bond motifs is 1. The molecule has 168 valence electrons. The summed E-state index contributed by atoms with van der Waals surface area (Å²) in [6, 6.07) is 12.1. The van der Waals surface area contributed by atoms with Crippen LogP contribution in [0.25, 0.3) is 0 Å². The van der Waals surface area contributed by atoms with Gasteiger partial charge in [0.15, 0.2) is 0 Å². The molecule has 32 heavy (non-hydrogen) atoms. The summed E-state index contributed by atoms with van der Waals surface area (Å²) in [6.07, 6.45) is 8.18. The van der Waals surface area contributed by atoms with Crippen LogP contribution in [0, 0.1) is 11.8 Å². The number of hydrogen-bond donors (Lipinski definition) is 0. The lowest BCUT2D eigenvalue weighted by atomic mass is 9.81. The first-order chi connectivity index (χ1) is 15.6. The lowest BCUT2D eigenvalue weighted by Gasteiger charge is -2.24. The zero-order chi connectivity index (χ0) is 22.5. The van der Waals surface area contributed by atoms with Gasteiger partial charge in [0.25, 0.3) is 0 Å². The van der Waals surface area contributed by atoms with E-state index in [1.807, 2.05) is 12.1 Å². The van der Waals surface area contributed by atoms with Gasteiger partial charge in [-0.2, -0.15) is 0 Å². The lowest BCUT2D eigenvalue weighted by molar-refractivity contribution is -0.141. The summed E-state index contributed by atoms with van der Waals surface area (Å²) in [4.78, 5) is 46.0. The number of hydrogen-bond acceptors (Lipinski definition) is 4. The zero-order valence-electron chi connectivity index (χ0n) is 18.7. The fourth-order valence-electron chi connectivity index (χ4n) is 4.86. The van der Waals surface area contributed by atoms with Crippen LogP contribution in [0.1, 0.15) is 55.7 Å². The van der Waals surface area contributed by atoms with Gasteiger partial charge in [0, 0.05) is 38.4 Å². The van der Waals surface area contributed by atoms with Crippen molar-refractivity contribution in [1.82, 2.24) is 14.8 Å². The molecule has 1 aliphatic heterocycles. The van der Waals surface area contributed by atoms with Crippen LogP contribution in [-0.4, -0.2) is 39.1 Å². The monoisotopic (exact) mass is 433 g/mol. The van der Waals surface area contributed by atoms with Crippen molar-refractivity contribution >= 4 is 17.7 Å². The summed E-state index contributed by atoms with van der Waals surface area (Å²) in [5.74, 6) is -0.573. The minimum Gasteiger partial charge on any atom is -0.334 e. The number of aromatic nitrogens is 1. The van der Waals surface area contributed by atoms with Crippen molar-refractivity contribution in [3.63, 3.8) is 0 Å². The molecule has 6 heteroatoms. The number of aryl methyl sites for hydroxylation is 1. The average Bonchev–Trinajstić information content (AvgIpc) is 3.08. The van der Waals surface area contributed by atoms with Crippen LogP contribution in [0.4, 0.5) is 0 Å². The van der Waals surface area contributed by atoms with Crippen LogP contribution in [0.5, 0.6) is 0 Å². The van der Waals surface area contributed by atoms with Gasteiger partial charge >= 0.3 is 0 Å². The molecule has 0 unspecified atom stereocenters. The summed E-state index contributed by atoms with van der Waals surface area (Å²) in [5, 5.41) is 0. The third-order valence-corrected chi connectivity index (χ3v) is 6.74. The number of carbonyl (C=O) groups excluding carboxylic acids is 3. The van der Waals surface area contributed by atoms with Crippen LogP contribution >= 0.6 is 0 Å². The Labute approximate surface area is 189 Å². The molecule has 2 atom stereocenters. The van der Waals surface area contributed by atoms with E-state index in [2.05, 4.69) is 36.2 Å². The number of pyridine rings is 1. The minimum absolute atomic E-state index is 0.0658. The second-order valence-electron chi connectivity index (χ2n) is 8.86. The fraction of sp³-hybridized carbons (Fsp3) is 0.462. The predicted octanol–water partition coefficient (Wildman–Crippen LogP) is 3.74. The molecule has 2 aliphatic rings. The van der Waals surface area contributed by atoms with Crippen LogP contribution < -0.4 is 0 Å². The molecule has 6 nitrogen and oxygen atoms in total. The van der Waals surface area contributed by atoms with Crippen LogP contribution in [0.15, 0.2) is 48.8 Å². The van der Waals surface area contributed by atoms with Gasteiger partial charge in [-0.1, -0.05) is 50.1 Å². The molecule has 2 heterocycles. The number of nitrogens with zero attached hydrogens (tertiary/aromatic N) is 3. The molecule has 1 saturated carbocycles. The molecular weight excluding hydrogens is 402 g/mol. The first kappa shape index (κ1) is 22.2. The van der Waals surface area contributed by atoms with Crippen molar-refractivity contribution in [2.24, 2.45) is 11.8 Å². The molecule has 1 aromatic carbocycles. The number of amides is 3. The zero-order valence-corrected chi connectivity index (χ0v) is 18.7. The molecule has 0 bridgehead atoms. The van der Waals surface area contributed by atoms with Crippen LogP contribution in [-0.2, 0) is 33.9 Å². The van der Waals surface area contributed by atoms with E-state index >= 15 is 0 Å². The third-order valence-electron chi connectivity index (χ3n) is 6.74. The highest BCUT2D eigenvalue weighted by atomic mass is 16.2. The summed E-state index contributed by atoms with van der Waals surface area (Å²) in [5.41, 5.74) is 3.26. The quantitative estimate of drug-likeness (QED) is 0.595. The number of rotatable bonds is 8. The predicted molar refractivity (Wildman–Crippen MR) is 121 cm³/mol. The Morgan fingerprint density at radius 2 is 1.59 bits per heavy atom. The van der Waals surface area contributed by atoms with Crippen molar-refractivity contribution in [2.75, 3.05) is 6.54 Å². The van der Waals surface area contributed by atoms with E-state index < -0.39 is 0 Å². The third kappa shape index (κ3) is 4.90. The van der Waals surface area contributed by atoms with Gasteiger partial charge in [-0.05, 0) is 42.0 Å². The molecule has 0 N–H and O–H groups in total. The molecule has 2 fully saturated rings. The Morgan fingerprint density at radius 3 is 2.19 bits per heavy atom. The van der Waals surface area contributed by atoms with Gasteiger partial charge in [0.1, 0.15) is 0 Å². The molecule has 0 radical (unpaired) electrons. The topological polar surface area (TPSA) is 70.6 Å². The number of carbonyl (C=O) groups is 3. The van der Waals surface area contributed by atoms with E-state index in [4.69, 9.17) is 0 Å². The SMILES string of the molecule is CCc1ccc(CN(Cc2cccnc2)C(=O)CCN2C(=O)[C@H]3CCCC[C@@H]3C2=O)cc1. The van der Waals surface area contributed by atoms with E-state index in [1.54, 1.807) is 17.3 Å². The minimum atomic E-state index is -0.171. The van der Waals surface area contributed by atoms with Crippen molar-refractivity contribution in [3.8, 4) is 0 Å². The smallest absolute Gasteiger partial charge is 0.233 e. The molecular formula is C26H31N3O3. The Morgan fingerprint density at radius 1 is 0.969 bits per heavy atom. The van der Waals surface area contributed by atoms with E-state index in [-0.39, 0.29) is 42.5 Å². The molecule has 1 saturated heterocycles. The summed E-state index contributed by atoms with van der Waals surface area (Å²) >= 11 is 0. The van der Waals surface area contributed by atoms with Crippen molar-refractivity contribution in [3.05, 3.63) is 65.5 Å². The van der Waals surface area contributed by atoms with Gasteiger partial charge in [0.05, 0.1) is 11.8 Å². The second kappa shape index (κ2) is 10.1. The van der Waals surface area contributed by atoms with E-state index in [0.717, 1.165) is 43.2 Å². The van der Waals surface area contributed by atoms with E-state index in [0.29, 0.717) is 13.1 Å². The first-order valence-corrected chi connectivity index (χ1v) is 11.7. The molecule has 1 aromatic heterocycles. The normalized spacial score (nSPS) is 20.3. The Kier molecular flexibility index (Phi) is 6.98. The maximum atomic E-state index is 13.2. The largest absolute Gasteiger partial charge is 0.334 e. The highest BCUT2D eigenvalue weighted by molar-refractivity contribution is 6.05.